The zero-order chi connectivity index (χ0) is 21.5. The van der Waals surface area contributed by atoms with E-state index in [1.165, 1.54) is 16.9 Å². The molecule has 0 aliphatic carbocycles. The van der Waals surface area contributed by atoms with Crippen LogP contribution in [0.15, 0.2) is 34.9 Å². The fourth-order valence-corrected chi connectivity index (χ4v) is 5.00. The molecule has 3 aromatic heterocycles. The van der Waals surface area contributed by atoms with Gasteiger partial charge in [-0.2, -0.15) is 10.1 Å². The van der Waals surface area contributed by atoms with Gasteiger partial charge in [-0.05, 0) is 19.9 Å². The Bertz CT molecular complexity index is 1200. The number of aryl methyl sites for hydroxylation is 3. The predicted molar refractivity (Wildman–Crippen MR) is 119 cm³/mol. The van der Waals surface area contributed by atoms with Gasteiger partial charge in [-0.1, -0.05) is 35.0 Å². The molecule has 1 saturated heterocycles. The number of aromatic nitrogens is 4. The number of hydrogen-bond acceptors (Lipinski definition) is 7. The van der Waals surface area contributed by atoms with Gasteiger partial charge in [0.05, 0.1) is 17.1 Å². The van der Waals surface area contributed by atoms with E-state index in [9.17, 15) is 4.79 Å². The van der Waals surface area contributed by atoms with E-state index in [0.29, 0.717) is 31.3 Å². The molecule has 8 nitrogen and oxygen atoms in total. The molecule has 0 radical (unpaired) electrons. The number of rotatable bonds is 4. The number of hydrogen-bond donors (Lipinski definition) is 0. The van der Waals surface area contributed by atoms with E-state index >= 15 is 0 Å². The van der Waals surface area contributed by atoms with E-state index in [-0.39, 0.29) is 5.91 Å². The lowest BCUT2D eigenvalue weighted by atomic mass is 10.1. The molecule has 0 spiro atoms. The standard InChI is InChI=1S/C22H24N6O2S/c1-14-4-6-16(7-5-14)20-23-19(30-25-20)13-27-8-10-28(11-9-27)21(29)18-12-17-15(2)24-26(3)22(17)31-18/h4-7,12H,8-11,13H2,1-3H3. The van der Waals surface area contributed by atoms with Crippen LogP contribution in [0.1, 0.15) is 26.8 Å². The van der Waals surface area contributed by atoms with Crippen LogP contribution in [0.4, 0.5) is 0 Å². The number of nitrogens with zero attached hydrogens (tertiary/aromatic N) is 6. The molecule has 1 aliphatic heterocycles. The number of piperazine rings is 1. The van der Waals surface area contributed by atoms with E-state index in [4.69, 9.17) is 4.52 Å². The highest BCUT2D eigenvalue weighted by atomic mass is 32.1. The third-order valence-electron chi connectivity index (χ3n) is 5.70. The molecule has 1 fully saturated rings. The summed E-state index contributed by atoms with van der Waals surface area (Å²) in [6.07, 6.45) is 0. The second-order valence-electron chi connectivity index (χ2n) is 7.98. The van der Waals surface area contributed by atoms with Crippen LogP contribution in [-0.4, -0.2) is 61.8 Å². The van der Waals surface area contributed by atoms with Crippen molar-refractivity contribution < 1.29 is 9.32 Å². The van der Waals surface area contributed by atoms with Gasteiger partial charge in [0.25, 0.3) is 5.91 Å². The summed E-state index contributed by atoms with van der Waals surface area (Å²) in [5.74, 6) is 1.31. The van der Waals surface area contributed by atoms with Gasteiger partial charge in [-0.25, -0.2) is 0 Å². The van der Waals surface area contributed by atoms with Crippen LogP contribution < -0.4 is 0 Å². The Labute approximate surface area is 184 Å². The maximum absolute atomic E-state index is 13.0. The molecule has 4 aromatic rings. The highest BCUT2D eigenvalue weighted by Crippen LogP contribution is 2.29. The first-order valence-electron chi connectivity index (χ1n) is 10.3. The van der Waals surface area contributed by atoms with Crippen LogP contribution in [0.25, 0.3) is 21.6 Å². The monoisotopic (exact) mass is 436 g/mol. The van der Waals surface area contributed by atoms with Crippen molar-refractivity contribution in [3.05, 3.63) is 52.4 Å². The number of fused-ring (bicyclic) bond motifs is 1. The van der Waals surface area contributed by atoms with Crippen LogP contribution in [0.3, 0.4) is 0 Å². The molecule has 0 saturated carbocycles. The van der Waals surface area contributed by atoms with Crippen molar-refractivity contribution in [1.29, 1.82) is 0 Å². The number of carbonyl (C=O) groups excluding carboxylic acids is 1. The Hall–Kier alpha value is -3.04. The summed E-state index contributed by atoms with van der Waals surface area (Å²) in [4.78, 5) is 23.5. The summed E-state index contributed by atoms with van der Waals surface area (Å²) >= 11 is 1.51. The van der Waals surface area contributed by atoms with E-state index in [1.54, 1.807) is 0 Å². The van der Waals surface area contributed by atoms with Gasteiger partial charge in [0, 0.05) is 44.2 Å². The first kappa shape index (κ1) is 19.9. The third-order valence-corrected chi connectivity index (χ3v) is 6.89. The summed E-state index contributed by atoms with van der Waals surface area (Å²) < 4.78 is 7.30. The summed E-state index contributed by atoms with van der Waals surface area (Å²) in [7, 11) is 1.92. The van der Waals surface area contributed by atoms with Gasteiger partial charge >= 0.3 is 0 Å². The molecule has 5 rings (SSSR count). The maximum Gasteiger partial charge on any atom is 0.264 e. The Morgan fingerprint density at radius 2 is 1.87 bits per heavy atom. The average molecular weight is 437 g/mol. The smallest absolute Gasteiger partial charge is 0.264 e. The van der Waals surface area contributed by atoms with Crippen molar-refractivity contribution in [3.8, 4) is 11.4 Å². The van der Waals surface area contributed by atoms with E-state index in [1.807, 2.05) is 53.9 Å². The van der Waals surface area contributed by atoms with Gasteiger partial charge < -0.3 is 9.42 Å². The lowest BCUT2D eigenvalue weighted by Gasteiger charge is -2.33. The van der Waals surface area contributed by atoms with Crippen LogP contribution in [0.5, 0.6) is 0 Å². The molecule has 0 unspecified atom stereocenters. The Morgan fingerprint density at radius 3 is 2.58 bits per heavy atom. The van der Waals surface area contributed by atoms with Crippen LogP contribution in [0.2, 0.25) is 0 Å². The van der Waals surface area contributed by atoms with Crippen LogP contribution in [-0.2, 0) is 13.6 Å². The zero-order valence-electron chi connectivity index (χ0n) is 17.8. The number of benzene rings is 1. The average Bonchev–Trinajstić information content (AvgIpc) is 3.47. The molecule has 31 heavy (non-hydrogen) atoms. The molecule has 0 bridgehead atoms. The summed E-state index contributed by atoms with van der Waals surface area (Å²) in [6, 6.07) is 10.0. The van der Waals surface area contributed by atoms with E-state index < -0.39 is 0 Å². The molecule has 9 heteroatoms. The van der Waals surface area contributed by atoms with Crippen molar-refractivity contribution in [3.63, 3.8) is 0 Å². The van der Waals surface area contributed by atoms with E-state index in [0.717, 1.165) is 39.4 Å². The van der Waals surface area contributed by atoms with Crippen molar-refractivity contribution in [2.24, 2.45) is 7.05 Å². The minimum atomic E-state index is 0.0969. The second kappa shape index (κ2) is 7.90. The van der Waals surface area contributed by atoms with Crippen LogP contribution >= 0.6 is 11.3 Å². The fourth-order valence-electron chi connectivity index (χ4n) is 3.91. The van der Waals surface area contributed by atoms with Gasteiger partial charge in [0.15, 0.2) is 0 Å². The van der Waals surface area contributed by atoms with Crippen molar-refractivity contribution >= 4 is 27.5 Å². The first-order valence-corrected chi connectivity index (χ1v) is 11.1. The highest BCUT2D eigenvalue weighted by molar-refractivity contribution is 7.20. The van der Waals surface area contributed by atoms with Crippen molar-refractivity contribution in [2.75, 3.05) is 26.2 Å². The first-order chi connectivity index (χ1) is 15.0. The predicted octanol–water partition coefficient (Wildman–Crippen LogP) is 3.26. The van der Waals surface area contributed by atoms with Crippen molar-refractivity contribution in [1.82, 2.24) is 29.7 Å². The molecule has 1 amide bonds. The molecule has 4 heterocycles. The maximum atomic E-state index is 13.0. The van der Waals surface area contributed by atoms with Crippen LogP contribution in [0, 0.1) is 13.8 Å². The number of thiophene rings is 1. The number of carbonyl (C=O) groups is 1. The minimum Gasteiger partial charge on any atom is -0.338 e. The summed E-state index contributed by atoms with van der Waals surface area (Å²) in [5.41, 5.74) is 3.11. The molecular formula is C22H24N6O2S. The fraction of sp³-hybridized carbons (Fsp3) is 0.364. The van der Waals surface area contributed by atoms with Gasteiger partial charge in [-0.15, -0.1) is 11.3 Å². The largest absolute Gasteiger partial charge is 0.338 e. The number of amides is 1. The quantitative estimate of drug-likeness (QED) is 0.489. The Kier molecular flexibility index (Phi) is 5.07. The highest BCUT2D eigenvalue weighted by Gasteiger charge is 2.25. The molecule has 1 aliphatic rings. The van der Waals surface area contributed by atoms with Gasteiger partial charge in [0.1, 0.15) is 4.83 Å². The Morgan fingerprint density at radius 1 is 1.13 bits per heavy atom. The SMILES string of the molecule is Cc1ccc(-c2noc(CN3CCN(C(=O)c4cc5c(C)nn(C)c5s4)CC3)n2)cc1. The summed E-state index contributed by atoms with van der Waals surface area (Å²) in [6.45, 7) is 7.54. The minimum absolute atomic E-state index is 0.0969. The molecular weight excluding hydrogens is 412 g/mol. The molecule has 160 valence electrons. The Balaban J connectivity index is 1.20. The third kappa shape index (κ3) is 3.86. The summed E-state index contributed by atoms with van der Waals surface area (Å²) in [5, 5.41) is 9.59. The van der Waals surface area contributed by atoms with Gasteiger partial charge in [-0.3, -0.25) is 14.4 Å². The normalized spacial score (nSPS) is 15.1. The molecule has 0 N–H and O–H groups in total. The lowest BCUT2D eigenvalue weighted by molar-refractivity contribution is 0.0620. The second-order valence-corrected chi connectivity index (χ2v) is 9.02. The van der Waals surface area contributed by atoms with E-state index in [2.05, 4.69) is 27.1 Å². The van der Waals surface area contributed by atoms with Gasteiger partial charge in [0.2, 0.25) is 11.7 Å². The molecule has 0 atom stereocenters. The zero-order valence-corrected chi connectivity index (χ0v) is 18.6. The topological polar surface area (TPSA) is 80.3 Å². The molecule has 1 aromatic carbocycles. The lowest BCUT2D eigenvalue weighted by Crippen LogP contribution is -2.48. The van der Waals surface area contributed by atoms with Crippen molar-refractivity contribution in [2.45, 2.75) is 20.4 Å².